The first-order valence-corrected chi connectivity index (χ1v) is 11.7. The second kappa shape index (κ2) is 10.2. The number of nitrogens with one attached hydrogen (secondary N) is 1. The lowest BCUT2D eigenvalue weighted by molar-refractivity contribution is -0.122. The van der Waals surface area contributed by atoms with Crippen LogP contribution in [0.5, 0.6) is 0 Å². The molecule has 3 rings (SSSR count). The molecule has 2 aromatic rings. The van der Waals surface area contributed by atoms with E-state index >= 15 is 0 Å². The molecule has 1 aliphatic rings. The van der Waals surface area contributed by atoms with Gasteiger partial charge in [0.05, 0.1) is 4.91 Å². The minimum atomic E-state index is -0.0131. The Morgan fingerprint density at radius 1 is 1.17 bits per heavy atom. The van der Waals surface area contributed by atoms with E-state index in [0.717, 1.165) is 29.8 Å². The standard InChI is InChI=1S/C22H24N2O2S3/c1-15-9-10-17(13-16(15)2)23-20(25)8-4-3-5-11-24-21(26)19(29-22(24)27)14-18-7-6-12-28-18/h6-7,9-10,12-14H,3-5,8,11H2,1-2H3,(H,23,25). The molecule has 29 heavy (non-hydrogen) atoms. The van der Waals surface area contributed by atoms with Gasteiger partial charge in [0.25, 0.3) is 5.91 Å². The Hall–Kier alpha value is -1.96. The number of carbonyl (C=O) groups excluding carboxylic acids is 2. The van der Waals surface area contributed by atoms with Gasteiger partial charge < -0.3 is 5.32 Å². The fourth-order valence-electron chi connectivity index (χ4n) is 2.97. The van der Waals surface area contributed by atoms with Gasteiger partial charge in [0.15, 0.2) is 0 Å². The molecule has 2 heterocycles. The number of benzene rings is 1. The number of anilines is 1. The van der Waals surface area contributed by atoms with Gasteiger partial charge in [-0.05, 0) is 67.5 Å². The third-order valence-corrected chi connectivity index (χ3v) is 6.96. The topological polar surface area (TPSA) is 49.4 Å². The van der Waals surface area contributed by atoms with Gasteiger partial charge in [0.2, 0.25) is 5.91 Å². The average Bonchev–Trinajstić information content (AvgIpc) is 3.28. The van der Waals surface area contributed by atoms with Crippen LogP contribution in [0.2, 0.25) is 0 Å². The molecule has 0 atom stereocenters. The van der Waals surface area contributed by atoms with Crippen molar-refractivity contribution in [1.29, 1.82) is 0 Å². The molecule has 152 valence electrons. The maximum absolute atomic E-state index is 12.6. The number of rotatable bonds is 8. The zero-order chi connectivity index (χ0) is 20.8. The molecule has 1 N–H and O–H groups in total. The number of carbonyl (C=O) groups is 2. The molecule has 0 saturated carbocycles. The van der Waals surface area contributed by atoms with Crippen LogP contribution >= 0.6 is 35.3 Å². The van der Waals surface area contributed by atoms with Crippen LogP contribution in [0.25, 0.3) is 6.08 Å². The number of nitrogens with zero attached hydrogens (tertiary/aromatic N) is 1. The summed E-state index contributed by atoms with van der Waals surface area (Å²) < 4.78 is 0.616. The summed E-state index contributed by atoms with van der Waals surface area (Å²) in [6.45, 7) is 4.69. The number of aryl methyl sites for hydroxylation is 2. The predicted molar refractivity (Wildman–Crippen MR) is 127 cm³/mol. The molecule has 1 fully saturated rings. The number of hydrogen-bond donors (Lipinski definition) is 1. The summed E-state index contributed by atoms with van der Waals surface area (Å²) in [4.78, 5) is 28.1. The first kappa shape index (κ1) is 21.7. The Morgan fingerprint density at radius 2 is 2.00 bits per heavy atom. The van der Waals surface area contributed by atoms with Crippen LogP contribution in [0, 0.1) is 13.8 Å². The largest absolute Gasteiger partial charge is 0.326 e. The molecule has 7 heteroatoms. The minimum Gasteiger partial charge on any atom is -0.326 e. The van der Waals surface area contributed by atoms with Crippen molar-refractivity contribution >= 4 is 63.2 Å². The van der Waals surface area contributed by atoms with E-state index in [2.05, 4.69) is 12.2 Å². The molecule has 4 nitrogen and oxygen atoms in total. The van der Waals surface area contributed by atoms with Crippen molar-refractivity contribution < 1.29 is 9.59 Å². The second-order valence-corrected chi connectivity index (χ2v) is 9.66. The lowest BCUT2D eigenvalue weighted by atomic mass is 10.1. The van der Waals surface area contributed by atoms with Crippen molar-refractivity contribution in [2.45, 2.75) is 39.5 Å². The lowest BCUT2D eigenvalue weighted by Crippen LogP contribution is -2.29. The molecule has 0 unspecified atom stereocenters. The van der Waals surface area contributed by atoms with Gasteiger partial charge in [-0.25, -0.2) is 0 Å². The second-order valence-electron chi connectivity index (χ2n) is 7.01. The highest BCUT2D eigenvalue weighted by Gasteiger charge is 2.31. The van der Waals surface area contributed by atoms with Crippen LogP contribution in [0.4, 0.5) is 5.69 Å². The average molecular weight is 445 g/mol. The maximum atomic E-state index is 12.6. The zero-order valence-corrected chi connectivity index (χ0v) is 19.0. The third-order valence-electron chi connectivity index (χ3n) is 4.77. The molecule has 2 amide bonds. The molecular weight excluding hydrogens is 420 g/mol. The van der Waals surface area contributed by atoms with Crippen LogP contribution in [-0.2, 0) is 9.59 Å². The summed E-state index contributed by atoms with van der Waals surface area (Å²) in [5.41, 5.74) is 3.22. The molecule has 1 aliphatic heterocycles. The summed E-state index contributed by atoms with van der Waals surface area (Å²) >= 11 is 8.33. The molecule has 1 saturated heterocycles. The minimum absolute atomic E-state index is 0.0131. The number of thiocarbonyl (C=S) groups is 1. The van der Waals surface area contributed by atoms with Crippen LogP contribution < -0.4 is 5.32 Å². The van der Waals surface area contributed by atoms with Gasteiger partial charge in [-0.15, -0.1) is 11.3 Å². The molecule has 1 aromatic heterocycles. The predicted octanol–water partition coefficient (Wildman–Crippen LogP) is 5.77. The Balaban J connectivity index is 1.39. The maximum Gasteiger partial charge on any atom is 0.266 e. The van der Waals surface area contributed by atoms with E-state index in [1.165, 1.54) is 22.9 Å². The van der Waals surface area contributed by atoms with Gasteiger partial charge in [0, 0.05) is 23.5 Å². The Bertz CT molecular complexity index is 936. The van der Waals surface area contributed by atoms with Crippen LogP contribution in [-0.4, -0.2) is 27.6 Å². The summed E-state index contributed by atoms with van der Waals surface area (Å²) in [5.74, 6) is 0.0126. The highest BCUT2D eigenvalue weighted by molar-refractivity contribution is 8.26. The summed E-state index contributed by atoms with van der Waals surface area (Å²) in [7, 11) is 0. The SMILES string of the molecule is Cc1ccc(NC(=O)CCCCCN2C(=O)C(=Cc3cccs3)SC2=S)cc1C. The summed E-state index contributed by atoms with van der Waals surface area (Å²) in [5, 5.41) is 4.94. The van der Waals surface area contributed by atoms with Gasteiger partial charge >= 0.3 is 0 Å². The van der Waals surface area contributed by atoms with Gasteiger partial charge in [-0.1, -0.05) is 42.5 Å². The van der Waals surface area contributed by atoms with Crippen molar-refractivity contribution in [3.05, 3.63) is 56.6 Å². The van der Waals surface area contributed by atoms with E-state index in [-0.39, 0.29) is 11.8 Å². The van der Waals surface area contributed by atoms with E-state index in [4.69, 9.17) is 12.2 Å². The monoisotopic (exact) mass is 444 g/mol. The highest BCUT2D eigenvalue weighted by Crippen LogP contribution is 2.33. The third kappa shape index (κ3) is 6.01. The van der Waals surface area contributed by atoms with E-state index in [1.54, 1.807) is 16.2 Å². The number of hydrogen-bond acceptors (Lipinski definition) is 5. The van der Waals surface area contributed by atoms with Gasteiger partial charge in [0.1, 0.15) is 4.32 Å². The molecule has 0 spiro atoms. The number of unbranched alkanes of at least 4 members (excludes halogenated alkanes) is 2. The Kier molecular flexibility index (Phi) is 7.64. The summed E-state index contributed by atoms with van der Waals surface area (Å²) in [6.07, 6.45) is 4.87. The van der Waals surface area contributed by atoms with E-state index in [0.29, 0.717) is 22.2 Å². The first-order chi connectivity index (χ1) is 13.9. The number of thioether (sulfide) groups is 1. The smallest absolute Gasteiger partial charge is 0.266 e. The molecular formula is C22H24N2O2S3. The fraction of sp³-hybridized carbons (Fsp3) is 0.318. The normalized spacial score (nSPS) is 15.4. The van der Waals surface area contributed by atoms with Crippen molar-refractivity contribution in [3.63, 3.8) is 0 Å². The van der Waals surface area contributed by atoms with Crippen LogP contribution in [0.15, 0.2) is 40.6 Å². The van der Waals surface area contributed by atoms with Crippen LogP contribution in [0.1, 0.15) is 41.7 Å². The number of amides is 2. The van der Waals surface area contributed by atoms with Crippen molar-refractivity contribution in [2.75, 3.05) is 11.9 Å². The lowest BCUT2D eigenvalue weighted by Gasteiger charge is -2.14. The van der Waals surface area contributed by atoms with E-state index < -0.39 is 0 Å². The number of thiophene rings is 1. The fourth-order valence-corrected chi connectivity index (χ4v) is 5.00. The molecule has 1 aromatic carbocycles. The van der Waals surface area contributed by atoms with Gasteiger partial charge in [-0.2, -0.15) is 0 Å². The molecule has 0 radical (unpaired) electrons. The van der Waals surface area contributed by atoms with E-state index in [9.17, 15) is 9.59 Å². The zero-order valence-electron chi connectivity index (χ0n) is 16.6. The Labute approximate surface area is 185 Å². The van der Waals surface area contributed by atoms with Crippen molar-refractivity contribution in [3.8, 4) is 0 Å². The molecule has 0 bridgehead atoms. The van der Waals surface area contributed by atoms with E-state index in [1.807, 2.05) is 48.7 Å². The first-order valence-electron chi connectivity index (χ1n) is 9.60. The summed E-state index contributed by atoms with van der Waals surface area (Å²) in [6, 6.07) is 9.89. The van der Waals surface area contributed by atoms with Gasteiger partial charge in [-0.3, -0.25) is 14.5 Å². The molecule has 0 aliphatic carbocycles. The van der Waals surface area contributed by atoms with Crippen molar-refractivity contribution in [1.82, 2.24) is 4.90 Å². The quantitative estimate of drug-likeness (QED) is 0.319. The highest BCUT2D eigenvalue weighted by atomic mass is 32.2. The Morgan fingerprint density at radius 3 is 2.72 bits per heavy atom. The van der Waals surface area contributed by atoms with Crippen molar-refractivity contribution in [2.24, 2.45) is 0 Å². The van der Waals surface area contributed by atoms with Crippen LogP contribution in [0.3, 0.4) is 0 Å².